The number of hydrogen-bond donors (Lipinski definition) is 2. The maximum Gasteiger partial charge on any atom is 0.219 e. The third-order valence-electron chi connectivity index (χ3n) is 2.93. The summed E-state index contributed by atoms with van der Waals surface area (Å²) in [6.07, 6.45) is 0.154. The zero-order valence-electron chi connectivity index (χ0n) is 10.6. The van der Waals surface area contributed by atoms with Crippen LogP contribution in [0.1, 0.15) is 19.4 Å². The third kappa shape index (κ3) is 2.46. The quantitative estimate of drug-likeness (QED) is 0.845. The molecule has 102 valence electrons. The largest absolute Gasteiger partial charge is 0.494 e. The lowest BCUT2D eigenvalue weighted by atomic mass is 10.2. The van der Waals surface area contributed by atoms with E-state index in [-0.39, 0.29) is 18.2 Å². The van der Waals surface area contributed by atoms with Crippen LogP contribution in [-0.4, -0.2) is 22.6 Å². The van der Waals surface area contributed by atoms with Crippen molar-refractivity contribution in [2.75, 3.05) is 7.11 Å². The van der Waals surface area contributed by atoms with Gasteiger partial charge in [0, 0.05) is 24.6 Å². The molecule has 0 saturated carbocycles. The van der Waals surface area contributed by atoms with Crippen molar-refractivity contribution in [3.05, 3.63) is 22.7 Å². The number of rotatable bonds is 4. The number of nitrogens with two attached hydrogens (primary N) is 1. The summed E-state index contributed by atoms with van der Waals surface area (Å²) < 4.78 is 20.7. The zero-order chi connectivity index (χ0) is 14.2. The van der Waals surface area contributed by atoms with Crippen LogP contribution in [-0.2, 0) is 4.79 Å². The molecule has 2 rings (SSSR count). The van der Waals surface area contributed by atoms with Gasteiger partial charge in [-0.2, -0.15) is 0 Å². The minimum Gasteiger partial charge on any atom is -0.494 e. The standard InChI is InChI=1S/C12H14FN3O2S/c1-6(3-11(14)17)16-9-5-10(18-2)7(13)4-8(9)15-12(16)19/h4-6H,3H2,1-2H3,(H2,14,17)(H,15,19). The predicted octanol–water partition coefficient (Wildman–Crippen LogP) is 2.28. The Hall–Kier alpha value is -1.89. The van der Waals surface area contributed by atoms with Crippen molar-refractivity contribution in [2.45, 2.75) is 19.4 Å². The second-order valence-corrected chi connectivity index (χ2v) is 4.71. The fourth-order valence-corrected chi connectivity index (χ4v) is 2.49. The van der Waals surface area contributed by atoms with Crippen LogP contribution in [0, 0.1) is 10.6 Å². The maximum atomic E-state index is 13.6. The van der Waals surface area contributed by atoms with Gasteiger partial charge in [0.1, 0.15) is 0 Å². The molecule has 0 radical (unpaired) electrons. The van der Waals surface area contributed by atoms with E-state index in [1.807, 2.05) is 6.92 Å². The number of H-pyrrole nitrogens is 1. The van der Waals surface area contributed by atoms with Gasteiger partial charge in [-0.05, 0) is 19.1 Å². The molecule has 2 aromatic rings. The first-order chi connectivity index (χ1) is 8.93. The van der Waals surface area contributed by atoms with Crippen molar-refractivity contribution < 1.29 is 13.9 Å². The van der Waals surface area contributed by atoms with Crippen molar-refractivity contribution in [2.24, 2.45) is 5.73 Å². The fourth-order valence-electron chi connectivity index (χ4n) is 2.10. The molecule has 1 unspecified atom stereocenters. The SMILES string of the molecule is COc1cc2c(cc1F)[nH]c(=S)n2C(C)CC(N)=O. The van der Waals surface area contributed by atoms with Gasteiger partial charge in [-0.3, -0.25) is 4.79 Å². The highest BCUT2D eigenvalue weighted by atomic mass is 32.1. The Labute approximate surface area is 114 Å². The van der Waals surface area contributed by atoms with Crippen LogP contribution in [0.4, 0.5) is 4.39 Å². The van der Waals surface area contributed by atoms with Gasteiger partial charge in [-0.15, -0.1) is 0 Å². The minimum absolute atomic E-state index is 0.126. The molecule has 0 aliphatic heterocycles. The molecule has 1 amide bonds. The number of halogens is 1. The van der Waals surface area contributed by atoms with Gasteiger partial charge in [0.15, 0.2) is 16.3 Å². The van der Waals surface area contributed by atoms with E-state index in [2.05, 4.69) is 4.98 Å². The van der Waals surface area contributed by atoms with Gasteiger partial charge < -0.3 is 20.0 Å². The van der Waals surface area contributed by atoms with Gasteiger partial charge in [-0.25, -0.2) is 4.39 Å². The number of hydrogen-bond acceptors (Lipinski definition) is 3. The first-order valence-corrected chi connectivity index (χ1v) is 6.11. The average molecular weight is 283 g/mol. The number of benzene rings is 1. The Kier molecular flexibility index (Phi) is 3.57. The second-order valence-electron chi connectivity index (χ2n) is 4.32. The number of fused-ring (bicyclic) bond motifs is 1. The summed E-state index contributed by atoms with van der Waals surface area (Å²) in [5.41, 5.74) is 6.43. The van der Waals surface area contributed by atoms with E-state index < -0.39 is 11.7 Å². The molecule has 3 N–H and O–H groups in total. The molecule has 1 heterocycles. The maximum absolute atomic E-state index is 13.6. The van der Waals surface area contributed by atoms with Crippen LogP contribution in [0.2, 0.25) is 0 Å². The molecule has 0 saturated heterocycles. The van der Waals surface area contributed by atoms with Crippen molar-refractivity contribution in [3.8, 4) is 5.75 Å². The molecule has 1 atom stereocenters. The number of nitrogens with one attached hydrogen (secondary N) is 1. The number of imidazole rings is 1. The van der Waals surface area contributed by atoms with E-state index in [1.165, 1.54) is 13.2 Å². The number of carbonyl (C=O) groups is 1. The Morgan fingerprint density at radius 1 is 1.63 bits per heavy atom. The number of primary amides is 1. The smallest absolute Gasteiger partial charge is 0.219 e. The number of carbonyl (C=O) groups excluding carboxylic acids is 1. The van der Waals surface area contributed by atoms with Gasteiger partial charge in [0.05, 0.1) is 18.1 Å². The topological polar surface area (TPSA) is 73.0 Å². The van der Waals surface area contributed by atoms with Gasteiger partial charge in [0.2, 0.25) is 5.91 Å². The Morgan fingerprint density at radius 2 is 2.32 bits per heavy atom. The minimum atomic E-state index is -0.471. The lowest BCUT2D eigenvalue weighted by Crippen LogP contribution is -2.17. The number of nitrogens with zero attached hydrogens (tertiary/aromatic N) is 1. The highest BCUT2D eigenvalue weighted by Gasteiger charge is 2.16. The molecular formula is C12H14FN3O2S. The van der Waals surface area contributed by atoms with E-state index >= 15 is 0 Å². The fraction of sp³-hybridized carbons (Fsp3) is 0.333. The van der Waals surface area contributed by atoms with Gasteiger partial charge in [0.25, 0.3) is 0 Å². The molecule has 0 aliphatic carbocycles. The molecule has 1 aromatic heterocycles. The van der Waals surface area contributed by atoms with E-state index in [9.17, 15) is 9.18 Å². The lowest BCUT2D eigenvalue weighted by Gasteiger charge is -2.13. The van der Waals surface area contributed by atoms with E-state index in [0.717, 1.165) is 0 Å². The van der Waals surface area contributed by atoms with Gasteiger partial charge >= 0.3 is 0 Å². The summed E-state index contributed by atoms with van der Waals surface area (Å²) in [6.45, 7) is 1.82. The summed E-state index contributed by atoms with van der Waals surface area (Å²) in [5.74, 6) is -0.764. The molecule has 0 aliphatic rings. The molecular weight excluding hydrogens is 269 g/mol. The van der Waals surface area contributed by atoms with E-state index in [4.69, 9.17) is 22.7 Å². The highest BCUT2D eigenvalue weighted by molar-refractivity contribution is 7.71. The molecule has 5 nitrogen and oxygen atoms in total. The summed E-state index contributed by atoms with van der Waals surface area (Å²) in [7, 11) is 1.39. The average Bonchev–Trinajstić information content (AvgIpc) is 2.61. The van der Waals surface area contributed by atoms with Crippen LogP contribution in [0.25, 0.3) is 11.0 Å². The summed E-state index contributed by atoms with van der Waals surface area (Å²) in [6, 6.07) is 2.65. The third-order valence-corrected chi connectivity index (χ3v) is 3.23. The first kappa shape index (κ1) is 13.5. The first-order valence-electron chi connectivity index (χ1n) is 5.70. The van der Waals surface area contributed by atoms with Crippen LogP contribution in [0.15, 0.2) is 12.1 Å². The Bertz CT molecular complexity index is 692. The molecule has 7 heteroatoms. The second kappa shape index (κ2) is 5.00. The number of aromatic nitrogens is 2. The number of amides is 1. The normalized spacial score (nSPS) is 12.6. The number of ether oxygens (including phenoxy) is 1. The van der Waals surface area contributed by atoms with Crippen molar-refractivity contribution in [1.29, 1.82) is 0 Å². The molecule has 0 bridgehead atoms. The lowest BCUT2D eigenvalue weighted by molar-refractivity contribution is -0.118. The molecule has 0 spiro atoms. The number of aromatic amines is 1. The molecule has 1 aromatic carbocycles. The van der Waals surface area contributed by atoms with Crippen molar-refractivity contribution >= 4 is 29.2 Å². The predicted molar refractivity (Wildman–Crippen MR) is 72.2 cm³/mol. The van der Waals surface area contributed by atoms with Crippen molar-refractivity contribution in [3.63, 3.8) is 0 Å². The Balaban J connectivity index is 2.63. The zero-order valence-corrected chi connectivity index (χ0v) is 11.4. The molecule has 0 fully saturated rings. The summed E-state index contributed by atoms with van der Waals surface area (Å²) >= 11 is 5.20. The summed E-state index contributed by atoms with van der Waals surface area (Å²) in [4.78, 5) is 13.9. The van der Waals surface area contributed by atoms with E-state index in [0.29, 0.717) is 15.8 Å². The van der Waals surface area contributed by atoms with Crippen LogP contribution < -0.4 is 10.5 Å². The van der Waals surface area contributed by atoms with Gasteiger partial charge in [-0.1, -0.05) is 0 Å². The van der Waals surface area contributed by atoms with Crippen molar-refractivity contribution in [1.82, 2.24) is 9.55 Å². The molecule has 19 heavy (non-hydrogen) atoms. The summed E-state index contributed by atoms with van der Waals surface area (Å²) in [5, 5.41) is 0. The number of methoxy groups -OCH3 is 1. The Morgan fingerprint density at radius 3 is 2.89 bits per heavy atom. The van der Waals surface area contributed by atoms with Crippen LogP contribution >= 0.6 is 12.2 Å². The van der Waals surface area contributed by atoms with Crippen LogP contribution in [0.3, 0.4) is 0 Å². The highest BCUT2D eigenvalue weighted by Crippen LogP contribution is 2.27. The van der Waals surface area contributed by atoms with Crippen LogP contribution in [0.5, 0.6) is 5.75 Å². The van der Waals surface area contributed by atoms with E-state index in [1.54, 1.807) is 10.6 Å². The monoisotopic (exact) mass is 283 g/mol.